The average Bonchev–Trinajstić information content (AvgIpc) is 2.75. The summed E-state index contributed by atoms with van der Waals surface area (Å²) in [5.74, 6) is -0.994. The first kappa shape index (κ1) is 13.3. The summed E-state index contributed by atoms with van der Waals surface area (Å²) in [6, 6.07) is 12.5. The molecule has 3 nitrogen and oxygen atoms in total. The van der Waals surface area contributed by atoms with Crippen LogP contribution in [0.3, 0.4) is 0 Å². The molecule has 0 unspecified atom stereocenters. The van der Waals surface area contributed by atoms with Crippen molar-refractivity contribution < 1.29 is 14.7 Å². The first-order chi connectivity index (χ1) is 10.1. The summed E-state index contributed by atoms with van der Waals surface area (Å²) in [4.78, 5) is 23.6. The lowest BCUT2D eigenvalue weighted by atomic mass is 10.0. The molecule has 0 fully saturated rings. The topological polar surface area (TPSA) is 54.4 Å². The zero-order chi connectivity index (χ0) is 15.0. The summed E-state index contributed by atoms with van der Waals surface area (Å²) < 4.78 is 0. The number of carboxylic acid groups (broad SMARTS) is 1. The van der Waals surface area contributed by atoms with E-state index >= 15 is 0 Å². The van der Waals surface area contributed by atoms with Gasteiger partial charge in [0.05, 0.1) is 5.56 Å². The van der Waals surface area contributed by atoms with Crippen LogP contribution < -0.4 is 0 Å². The van der Waals surface area contributed by atoms with Crippen LogP contribution in [-0.4, -0.2) is 16.9 Å². The standard InChI is InChI=1S/C18H14O3/c1-11-6-7-15-13(8-11)10-14(17(15)19)9-12-4-2-3-5-16(12)18(20)21/h2-9H,10H2,1H3,(H,20,21)/b14-9-. The number of fused-ring (bicyclic) bond motifs is 1. The molecule has 0 saturated heterocycles. The molecule has 0 aromatic heterocycles. The van der Waals surface area contributed by atoms with Crippen molar-refractivity contribution in [1.29, 1.82) is 0 Å². The molecule has 2 aromatic carbocycles. The number of hydrogen-bond donors (Lipinski definition) is 1. The van der Waals surface area contributed by atoms with Gasteiger partial charge in [-0.1, -0.05) is 42.0 Å². The summed E-state index contributed by atoms with van der Waals surface area (Å²) in [5.41, 5.74) is 4.28. The minimum atomic E-state index is -0.985. The molecule has 0 amide bonds. The molecule has 0 saturated carbocycles. The van der Waals surface area contributed by atoms with Crippen LogP contribution in [0.15, 0.2) is 48.0 Å². The van der Waals surface area contributed by atoms with Crippen molar-refractivity contribution in [2.45, 2.75) is 13.3 Å². The van der Waals surface area contributed by atoms with Gasteiger partial charge in [-0.25, -0.2) is 4.79 Å². The highest BCUT2D eigenvalue weighted by molar-refractivity contribution is 6.16. The van der Waals surface area contributed by atoms with Gasteiger partial charge in [-0.2, -0.15) is 0 Å². The molecule has 0 radical (unpaired) electrons. The van der Waals surface area contributed by atoms with Gasteiger partial charge in [0, 0.05) is 17.6 Å². The van der Waals surface area contributed by atoms with Crippen LogP contribution in [0, 0.1) is 6.92 Å². The number of benzene rings is 2. The van der Waals surface area contributed by atoms with E-state index in [9.17, 15) is 14.7 Å². The summed E-state index contributed by atoms with van der Waals surface area (Å²) in [6.45, 7) is 1.99. The molecule has 3 heteroatoms. The highest BCUT2D eigenvalue weighted by atomic mass is 16.4. The van der Waals surface area contributed by atoms with E-state index in [4.69, 9.17) is 0 Å². The third-order valence-corrected chi connectivity index (χ3v) is 3.70. The molecule has 2 aromatic rings. The van der Waals surface area contributed by atoms with E-state index in [1.54, 1.807) is 30.3 Å². The molecule has 0 spiro atoms. The van der Waals surface area contributed by atoms with Crippen molar-refractivity contribution in [3.05, 3.63) is 75.9 Å². The SMILES string of the molecule is Cc1ccc2c(c1)C/C(=C/c1ccccc1C(=O)O)C2=O. The lowest BCUT2D eigenvalue weighted by Gasteiger charge is -2.01. The maximum atomic E-state index is 12.4. The Labute approximate surface area is 122 Å². The number of aromatic carboxylic acids is 1. The zero-order valence-electron chi connectivity index (χ0n) is 11.6. The molecule has 0 heterocycles. The van der Waals surface area contributed by atoms with Crippen molar-refractivity contribution in [2.24, 2.45) is 0 Å². The predicted octanol–water partition coefficient (Wildman–Crippen LogP) is 3.52. The third kappa shape index (κ3) is 2.38. The van der Waals surface area contributed by atoms with E-state index in [1.165, 1.54) is 0 Å². The number of allylic oxidation sites excluding steroid dienone is 1. The van der Waals surface area contributed by atoms with Gasteiger partial charge in [0.1, 0.15) is 0 Å². The zero-order valence-corrected chi connectivity index (χ0v) is 11.6. The van der Waals surface area contributed by atoms with E-state index in [-0.39, 0.29) is 11.3 Å². The van der Waals surface area contributed by atoms with E-state index < -0.39 is 5.97 Å². The molecule has 0 atom stereocenters. The van der Waals surface area contributed by atoms with Gasteiger partial charge in [-0.15, -0.1) is 0 Å². The Balaban J connectivity index is 2.04. The van der Waals surface area contributed by atoms with Gasteiger partial charge < -0.3 is 5.11 Å². The second kappa shape index (κ2) is 5.02. The second-order valence-electron chi connectivity index (χ2n) is 5.23. The fourth-order valence-corrected chi connectivity index (χ4v) is 2.67. The van der Waals surface area contributed by atoms with Crippen molar-refractivity contribution in [2.75, 3.05) is 0 Å². The number of Topliss-reactive ketones (excluding diaryl/α,β-unsaturated/α-hetero) is 1. The van der Waals surface area contributed by atoms with E-state index in [1.807, 2.05) is 25.1 Å². The first-order valence-electron chi connectivity index (χ1n) is 6.73. The number of ketones is 1. The number of hydrogen-bond acceptors (Lipinski definition) is 2. The number of aryl methyl sites for hydroxylation is 1. The molecular weight excluding hydrogens is 264 g/mol. The minimum Gasteiger partial charge on any atom is -0.478 e. The van der Waals surface area contributed by atoms with Crippen LogP contribution in [0.5, 0.6) is 0 Å². The molecule has 1 aliphatic rings. The van der Waals surface area contributed by atoms with Crippen molar-refractivity contribution in [1.82, 2.24) is 0 Å². The predicted molar refractivity (Wildman–Crippen MR) is 80.6 cm³/mol. The van der Waals surface area contributed by atoms with Crippen LogP contribution in [0.25, 0.3) is 6.08 Å². The van der Waals surface area contributed by atoms with E-state index in [0.717, 1.165) is 16.7 Å². The van der Waals surface area contributed by atoms with E-state index in [2.05, 4.69) is 0 Å². The van der Waals surface area contributed by atoms with Gasteiger partial charge in [0.15, 0.2) is 5.78 Å². The second-order valence-corrected chi connectivity index (χ2v) is 5.23. The van der Waals surface area contributed by atoms with E-state index in [0.29, 0.717) is 17.6 Å². The van der Waals surface area contributed by atoms with Crippen molar-refractivity contribution in [3.8, 4) is 0 Å². The van der Waals surface area contributed by atoms with Crippen molar-refractivity contribution in [3.63, 3.8) is 0 Å². The highest BCUT2D eigenvalue weighted by Gasteiger charge is 2.25. The van der Waals surface area contributed by atoms with Gasteiger partial charge in [-0.05, 0) is 30.2 Å². The molecule has 21 heavy (non-hydrogen) atoms. The Morgan fingerprint density at radius 2 is 1.95 bits per heavy atom. The Morgan fingerprint density at radius 1 is 1.19 bits per heavy atom. The Morgan fingerprint density at radius 3 is 2.71 bits per heavy atom. The number of carbonyl (C=O) groups is 2. The molecule has 0 aliphatic heterocycles. The van der Waals surface area contributed by atoms with Crippen LogP contribution in [0.1, 0.15) is 37.4 Å². The highest BCUT2D eigenvalue weighted by Crippen LogP contribution is 2.29. The lowest BCUT2D eigenvalue weighted by molar-refractivity contribution is 0.0696. The smallest absolute Gasteiger partial charge is 0.336 e. The van der Waals surface area contributed by atoms with Gasteiger partial charge in [0.25, 0.3) is 0 Å². The largest absolute Gasteiger partial charge is 0.478 e. The fraction of sp³-hybridized carbons (Fsp3) is 0.111. The molecule has 3 rings (SSSR count). The number of carbonyl (C=O) groups excluding carboxylic acids is 1. The van der Waals surface area contributed by atoms with Gasteiger partial charge in [-0.3, -0.25) is 4.79 Å². The summed E-state index contributed by atoms with van der Waals surface area (Å²) >= 11 is 0. The molecule has 104 valence electrons. The monoisotopic (exact) mass is 278 g/mol. The van der Waals surface area contributed by atoms with Crippen LogP contribution in [0.4, 0.5) is 0 Å². The van der Waals surface area contributed by atoms with Crippen LogP contribution in [-0.2, 0) is 6.42 Å². The van der Waals surface area contributed by atoms with Crippen LogP contribution >= 0.6 is 0 Å². The van der Waals surface area contributed by atoms with Crippen molar-refractivity contribution >= 4 is 17.8 Å². The fourth-order valence-electron chi connectivity index (χ4n) is 2.67. The summed E-state index contributed by atoms with van der Waals surface area (Å²) in [5, 5.41) is 9.20. The summed E-state index contributed by atoms with van der Waals surface area (Å²) in [7, 11) is 0. The molecule has 1 aliphatic carbocycles. The van der Waals surface area contributed by atoms with Crippen LogP contribution in [0.2, 0.25) is 0 Å². The van der Waals surface area contributed by atoms with Gasteiger partial charge in [0.2, 0.25) is 0 Å². The third-order valence-electron chi connectivity index (χ3n) is 3.70. The maximum absolute atomic E-state index is 12.4. The molecular formula is C18H14O3. The normalized spacial score (nSPS) is 15.3. The average molecular weight is 278 g/mol. The Hall–Kier alpha value is -2.68. The minimum absolute atomic E-state index is 0.00908. The molecule has 1 N–H and O–H groups in total. The number of carboxylic acids is 1. The van der Waals surface area contributed by atoms with Gasteiger partial charge >= 0.3 is 5.97 Å². The molecule has 0 bridgehead atoms. The lowest BCUT2D eigenvalue weighted by Crippen LogP contribution is -2.01. The quantitative estimate of drug-likeness (QED) is 0.855. The number of rotatable bonds is 2. The first-order valence-corrected chi connectivity index (χ1v) is 6.73. The maximum Gasteiger partial charge on any atom is 0.336 e. The Bertz CT molecular complexity index is 785. The summed E-state index contributed by atoms with van der Waals surface area (Å²) in [6.07, 6.45) is 2.25. The Kier molecular flexibility index (Phi) is 3.18.